The van der Waals surface area contributed by atoms with E-state index in [0.717, 1.165) is 11.1 Å². The van der Waals surface area contributed by atoms with Crippen molar-refractivity contribution in [3.05, 3.63) is 34.3 Å². The second kappa shape index (κ2) is 4.45. The summed E-state index contributed by atoms with van der Waals surface area (Å²) in [5.74, 6) is 0. The van der Waals surface area contributed by atoms with Crippen molar-refractivity contribution in [2.75, 3.05) is 14.1 Å². The third kappa shape index (κ3) is 2.25. The van der Waals surface area contributed by atoms with E-state index in [-0.39, 0.29) is 6.04 Å². The summed E-state index contributed by atoms with van der Waals surface area (Å²) >= 11 is 5.85. The molecule has 1 rings (SSSR count). The van der Waals surface area contributed by atoms with Crippen LogP contribution in [0.15, 0.2) is 18.2 Å². The highest BCUT2D eigenvalue weighted by molar-refractivity contribution is 6.30. The first-order valence-electron chi connectivity index (χ1n) is 4.38. The smallest absolute Gasteiger partial charge is 0.123 e. The maximum Gasteiger partial charge on any atom is 0.123 e. The Kier molecular flexibility index (Phi) is 3.51. The largest absolute Gasteiger partial charge is 0.291 e. The normalized spacial score (nSPS) is 12.6. The molecule has 0 aromatic heterocycles. The van der Waals surface area contributed by atoms with Crippen LogP contribution < -0.4 is 0 Å². The molecule has 0 bridgehead atoms. The summed E-state index contributed by atoms with van der Waals surface area (Å²) in [5, 5.41) is 9.73. The van der Waals surface area contributed by atoms with Crippen molar-refractivity contribution in [2.24, 2.45) is 0 Å². The number of rotatable bonds is 2. The van der Waals surface area contributed by atoms with Gasteiger partial charge in [-0.2, -0.15) is 5.26 Å². The van der Waals surface area contributed by atoms with Crippen molar-refractivity contribution in [1.82, 2.24) is 4.90 Å². The topological polar surface area (TPSA) is 27.0 Å². The van der Waals surface area contributed by atoms with Gasteiger partial charge in [-0.1, -0.05) is 17.7 Å². The van der Waals surface area contributed by atoms with E-state index in [1.54, 1.807) is 0 Å². The molecule has 1 atom stereocenters. The van der Waals surface area contributed by atoms with Gasteiger partial charge in [-0.25, -0.2) is 0 Å². The van der Waals surface area contributed by atoms with Crippen molar-refractivity contribution >= 4 is 11.6 Å². The Morgan fingerprint density at radius 1 is 1.43 bits per heavy atom. The van der Waals surface area contributed by atoms with Gasteiger partial charge in [0, 0.05) is 5.02 Å². The van der Waals surface area contributed by atoms with Crippen LogP contribution in [0.1, 0.15) is 17.2 Å². The van der Waals surface area contributed by atoms with Crippen molar-refractivity contribution in [3.8, 4) is 6.07 Å². The zero-order valence-corrected chi connectivity index (χ0v) is 9.34. The van der Waals surface area contributed by atoms with E-state index in [4.69, 9.17) is 16.9 Å². The molecule has 0 aliphatic carbocycles. The van der Waals surface area contributed by atoms with E-state index in [1.165, 1.54) is 0 Å². The fraction of sp³-hybridized carbons (Fsp3) is 0.364. The van der Waals surface area contributed by atoms with Crippen LogP contribution >= 0.6 is 11.6 Å². The third-order valence-electron chi connectivity index (χ3n) is 2.17. The average Bonchev–Trinajstić information content (AvgIpc) is 2.09. The standard InChI is InChI=1S/C11H13ClN2/c1-8-6-9(12)4-5-10(8)11(7-13)14(2)3/h4-6,11H,1-3H3. The number of halogens is 1. The van der Waals surface area contributed by atoms with E-state index >= 15 is 0 Å². The van der Waals surface area contributed by atoms with Crippen molar-refractivity contribution in [1.29, 1.82) is 5.26 Å². The van der Waals surface area contributed by atoms with E-state index in [0.29, 0.717) is 5.02 Å². The number of benzene rings is 1. The fourth-order valence-electron chi connectivity index (χ4n) is 1.41. The Bertz CT molecular complexity index is 366. The second-order valence-corrected chi connectivity index (χ2v) is 3.93. The van der Waals surface area contributed by atoms with Crippen LogP contribution in [0.3, 0.4) is 0 Å². The summed E-state index contributed by atoms with van der Waals surface area (Å²) in [5.41, 5.74) is 2.07. The first-order valence-corrected chi connectivity index (χ1v) is 4.76. The highest BCUT2D eigenvalue weighted by Gasteiger charge is 2.14. The van der Waals surface area contributed by atoms with Gasteiger partial charge in [-0.05, 0) is 44.3 Å². The SMILES string of the molecule is Cc1cc(Cl)ccc1C(C#N)N(C)C. The highest BCUT2D eigenvalue weighted by Crippen LogP contribution is 2.23. The Labute approximate surface area is 89.7 Å². The Morgan fingerprint density at radius 3 is 2.50 bits per heavy atom. The highest BCUT2D eigenvalue weighted by atomic mass is 35.5. The molecule has 74 valence electrons. The predicted molar refractivity (Wildman–Crippen MR) is 58.2 cm³/mol. The van der Waals surface area contributed by atoms with Crippen LogP contribution in [0.5, 0.6) is 0 Å². The van der Waals surface area contributed by atoms with Crippen LogP contribution in [0.25, 0.3) is 0 Å². The lowest BCUT2D eigenvalue weighted by molar-refractivity contribution is 0.357. The van der Waals surface area contributed by atoms with E-state index < -0.39 is 0 Å². The molecule has 0 saturated heterocycles. The molecule has 0 aliphatic rings. The molecular formula is C11H13ClN2. The molecule has 2 nitrogen and oxygen atoms in total. The molecule has 0 heterocycles. The van der Waals surface area contributed by atoms with E-state index in [2.05, 4.69) is 6.07 Å². The summed E-state index contributed by atoms with van der Waals surface area (Å²) in [7, 11) is 3.78. The Hall–Kier alpha value is -1.04. The minimum atomic E-state index is -0.202. The quantitative estimate of drug-likeness (QED) is 0.748. The molecule has 1 aromatic rings. The summed E-state index contributed by atoms with van der Waals surface area (Å²) in [4.78, 5) is 1.89. The Morgan fingerprint density at radius 2 is 2.07 bits per heavy atom. The van der Waals surface area contributed by atoms with Crippen molar-refractivity contribution < 1.29 is 0 Å². The first kappa shape index (κ1) is 11.0. The van der Waals surface area contributed by atoms with Gasteiger partial charge < -0.3 is 0 Å². The predicted octanol–water partition coefficient (Wildman–Crippen LogP) is 2.77. The first-order chi connectivity index (χ1) is 6.56. The lowest BCUT2D eigenvalue weighted by Crippen LogP contribution is -2.19. The number of hydrogen-bond donors (Lipinski definition) is 0. The van der Waals surface area contributed by atoms with Crippen molar-refractivity contribution in [2.45, 2.75) is 13.0 Å². The Balaban J connectivity index is 3.13. The van der Waals surface area contributed by atoms with Gasteiger partial charge in [0.15, 0.2) is 0 Å². The van der Waals surface area contributed by atoms with E-state index in [9.17, 15) is 0 Å². The number of nitriles is 1. The minimum absolute atomic E-state index is 0.202. The maximum absolute atomic E-state index is 9.02. The second-order valence-electron chi connectivity index (χ2n) is 3.50. The fourth-order valence-corrected chi connectivity index (χ4v) is 1.64. The molecule has 0 fully saturated rings. The molecule has 1 unspecified atom stereocenters. The van der Waals surface area contributed by atoms with Gasteiger partial charge in [-0.15, -0.1) is 0 Å². The van der Waals surface area contributed by atoms with E-state index in [1.807, 2.05) is 44.1 Å². The lowest BCUT2D eigenvalue weighted by Gasteiger charge is -2.19. The monoisotopic (exact) mass is 208 g/mol. The van der Waals surface area contributed by atoms with Gasteiger partial charge in [0.05, 0.1) is 6.07 Å². The number of hydrogen-bond acceptors (Lipinski definition) is 2. The zero-order valence-electron chi connectivity index (χ0n) is 8.58. The number of aryl methyl sites for hydroxylation is 1. The molecule has 1 aromatic carbocycles. The molecule has 14 heavy (non-hydrogen) atoms. The van der Waals surface area contributed by atoms with Gasteiger partial charge >= 0.3 is 0 Å². The summed E-state index contributed by atoms with van der Waals surface area (Å²) in [6.45, 7) is 1.97. The maximum atomic E-state index is 9.02. The molecule has 0 saturated carbocycles. The molecular weight excluding hydrogens is 196 g/mol. The van der Waals surface area contributed by atoms with Crippen LogP contribution in [0.2, 0.25) is 5.02 Å². The van der Waals surface area contributed by atoms with Crippen LogP contribution in [0.4, 0.5) is 0 Å². The minimum Gasteiger partial charge on any atom is -0.291 e. The molecule has 0 spiro atoms. The van der Waals surface area contributed by atoms with Gasteiger partial charge in [0.2, 0.25) is 0 Å². The summed E-state index contributed by atoms with van der Waals surface area (Å²) in [6.07, 6.45) is 0. The molecule has 3 heteroatoms. The van der Waals surface area contributed by atoms with Crippen molar-refractivity contribution in [3.63, 3.8) is 0 Å². The summed E-state index contributed by atoms with van der Waals surface area (Å²) in [6, 6.07) is 7.66. The third-order valence-corrected chi connectivity index (χ3v) is 2.40. The summed E-state index contributed by atoms with van der Waals surface area (Å²) < 4.78 is 0. The van der Waals surface area contributed by atoms with Crippen LogP contribution in [0, 0.1) is 18.3 Å². The average molecular weight is 209 g/mol. The molecule has 0 aliphatic heterocycles. The zero-order chi connectivity index (χ0) is 10.7. The molecule has 0 N–H and O–H groups in total. The molecule has 0 amide bonds. The lowest BCUT2D eigenvalue weighted by atomic mass is 10.0. The van der Waals surface area contributed by atoms with Crippen LogP contribution in [-0.4, -0.2) is 19.0 Å². The van der Waals surface area contributed by atoms with Gasteiger partial charge in [0.25, 0.3) is 0 Å². The number of nitrogens with zero attached hydrogens (tertiary/aromatic N) is 2. The van der Waals surface area contributed by atoms with Crippen LogP contribution in [-0.2, 0) is 0 Å². The van der Waals surface area contributed by atoms with Gasteiger partial charge in [-0.3, -0.25) is 4.90 Å². The molecule has 0 radical (unpaired) electrons. The van der Waals surface area contributed by atoms with Gasteiger partial charge in [0.1, 0.15) is 6.04 Å².